The molecule has 0 saturated carbocycles. The molecule has 4 nitrogen and oxygen atoms in total. The second-order valence-electron chi connectivity index (χ2n) is 3.55. The number of ether oxygens (including phenoxy) is 1. The van der Waals surface area contributed by atoms with Crippen LogP contribution in [-0.2, 0) is 14.8 Å². The molecule has 0 spiro atoms. The van der Waals surface area contributed by atoms with E-state index in [1.807, 2.05) is 6.92 Å². The summed E-state index contributed by atoms with van der Waals surface area (Å²) in [5.74, 6) is 0. The smallest absolute Gasteiger partial charge is 0.245 e. The van der Waals surface area contributed by atoms with Crippen LogP contribution in [0.25, 0.3) is 0 Å². The predicted molar refractivity (Wildman–Crippen MR) is 55.7 cm³/mol. The van der Waals surface area contributed by atoms with E-state index in [-0.39, 0.29) is 12.8 Å². The van der Waals surface area contributed by atoms with Gasteiger partial charge in [-0.05, 0) is 19.1 Å². The minimum absolute atomic E-state index is 0.0878. The highest BCUT2D eigenvalue weighted by molar-refractivity contribution is 7.89. The molecule has 1 fully saturated rings. The molecule has 15 heavy (non-hydrogen) atoms. The van der Waals surface area contributed by atoms with Crippen molar-refractivity contribution >= 4 is 10.0 Å². The zero-order valence-electron chi connectivity index (χ0n) is 8.46. The quantitative estimate of drug-likeness (QED) is 0.758. The van der Waals surface area contributed by atoms with Crippen molar-refractivity contribution in [3.8, 4) is 0 Å². The minimum atomic E-state index is -3.38. The fraction of sp³-hybridized carbons (Fsp3) is 0.400. The third-order valence-electron chi connectivity index (χ3n) is 2.42. The van der Waals surface area contributed by atoms with E-state index in [9.17, 15) is 8.42 Å². The van der Waals surface area contributed by atoms with Gasteiger partial charge in [0.05, 0.1) is 11.5 Å². The summed E-state index contributed by atoms with van der Waals surface area (Å²) < 4.78 is 30.7. The van der Waals surface area contributed by atoms with Gasteiger partial charge in [0.15, 0.2) is 0 Å². The Bertz CT molecular complexity index is 429. The van der Waals surface area contributed by atoms with E-state index in [4.69, 9.17) is 4.74 Å². The molecular formula is C10H13NO3S. The second-order valence-corrected chi connectivity index (χ2v) is 5.44. The lowest BCUT2D eigenvalue weighted by atomic mass is 10.4. The molecule has 0 radical (unpaired) electrons. The number of benzene rings is 1. The Kier molecular flexibility index (Phi) is 2.77. The lowest BCUT2D eigenvalue weighted by Crippen LogP contribution is -2.34. The van der Waals surface area contributed by atoms with Gasteiger partial charge in [0, 0.05) is 6.04 Å². The maximum atomic E-state index is 12.1. The molecule has 0 unspecified atom stereocenters. The summed E-state index contributed by atoms with van der Waals surface area (Å²) in [6, 6.07) is 8.34. The average Bonchev–Trinajstić information content (AvgIpc) is 2.66. The van der Waals surface area contributed by atoms with Gasteiger partial charge in [0.1, 0.15) is 6.73 Å². The van der Waals surface area contributed by atoms with Crippen LogP contribution in [0.4, 0.5) is 0 Å². The summed E-state index contributed by atoms with van der Waals surface area (Å²) in [4.78, 5) is 0.322. The lowest BCUT2D eigenvalue weighted by molar-refractivity contribution is 0.172. The molecule has 0 aliphatic carbocycles. The van der Waals surface area contributed by atoms with Gasteiger partial charge in [0.2, 0.25) is 10.0 Å². The summed E-state index contributed by atoms with van der Waals surface area (Å²) >= 11 is 0. The molecule has 1 aromatic carbocycles. The molecular weight excluding hydrogens is 214 g/mol. The Balaban J connectivity index is 2.35. The van der Waals surface area contributed by atoms with E-state index in [0.717, 1.165) is 0 Å². The Morgan fingerprint density at radius 3 is 2.53 bits per heavy atom. The van der Waals surface area contributed by atoms with Crippen molar-refractivity contribution in [3.63, 3.8) is 0 Å². The van der Waals surface area contributed by atoms with E-state index in [1.54, 1.807) is 30.3 Å². The number of sulfonamides is 1. The molecule has 1 atom stereocenters. The van der Waals surface area contributed by atoms with Crippen LogP contribution in [0, 0.1) is 0 Å². The number of rotatable bonds is 2. The van der Waals surface area contributed by atoms with Crippen LogP contribution >= 0.6 is 0 Å². The molecule has 1 aromatic rings. The van der Waals surface area contributed by atoms with Crippen LogP contribution in [0.1, 0.15) is 6.92 Å². The van der Waals surface area contributed by atoms with Crippen LogP contribution in [0.15, 0.2) is 35.2 Å². The largest absolute Gasteiger partial charge is 0.363 e. The molecule has 1 heterocycles. The Labute approximate surface area is 89.5 Å². The Hall–Kier alpha value is -0.910. The highest BCUT2D eigenvalue weighted by Crippen LogP contribution is 2.21. The van der Waals surface area contributed by atoms with Gasteiger partial charge < -0.3 is 4.74 Å². The molecule has 0 bridgehead atoms. The summed E-state index contributed by atoms with van der Waals surface area (Å²) in [7, 11) is -3.38. The summed E-state index contributed by atoms with van der Waals surface area (Å²) in [6.45, 7) is 2.46. The zero-order valence-corrected chi connectivity index (χ0v) is 9.28. The Morgan fingerprint density at radius 2 is 2.00 bits per heavy atom. The highest BCUT2D eigenvalue weighted by Gasteiger charge is 2.33. The van der Waals surface area contributed by atoms with Gasteiger partial charge in [-0.2, -0.15) is 4.31 Å². The first-order valence-electron chi connectivity index (χ1n) is 4.77. The fourth-order valence-corrected chi connectivity index (χ4v) is 3.08. The molecule has 0 aromatic heterocycles. The lowest BCUT2D eigenvalue weighted by Gasteiger charge is -2.18. The van der Waals surface area contributed by atoms with E-state index < -0.39 is 10.0 Å². The van der Waals surface area contributed by atoms with Gasteiger partial charge in [-0.25, -0.2) is 8.42 Å². The van der Waals surface area contributed by atoms with Crippen molar-refractivity contribution in [1.29, 1.82) is 0 Å². The third kappa shape index (κ3) is 1.90. The average molecular weight is 227 g/mol. The maximum absolute atomic E-state index is 12.1. The van der Waals surface area contributed by atoms with Crippen LogP contribution in [-0.4, -0.2) is 32.1 Å². The summed E-state index contributed by atoms with van der Waals surface area (Å²) in [5, 5.41) is 0. The van der Waals surface area contributed by atoms with E-state index in [2.05, 4.69) is 0 Å². The van der Waals surface area contributed by atoms with Crippen molar-refractivity contribution in [2.24, 2.45) is 0 Å². The highest BCUT2D eigenvalue weighted by atomic mass is 32.2. The number of nitrogens with zero attached hydrogens (tertiary/aromatic N) is 1. The van der Waals surface area contributed by atoms with Gasteiger partial charge in [-0.3, -0.25) is 0 Å². The van der Waals surface area contributed by atoms with E-state index in [1.165, 1.54) is 4.31 Å². The SMILES string of the molecule is C[C@@H]1COCN1S(=O)(=O)c1ccccc1. The van der Waals surface area contributed by atoms with Gasteiger partial charge in [0.25, 0.3) is 0 Å². The van der Waals surface area contributed by atoms with Crippen molar-refractivity contribution in [2.45, 2.75) is 17.9 Å². The van der Waals surface area contributed by atoms with Crippen LogP contribution in [0.5, 0.6) is 0 Å². The molecule has 1 aliphatic rings. The second kappa shape index (κ2) is 3.92. The molecule has 2 rings (SSSR count). The number of hydrogen-bond acceptors (Lipinski definition) is 3. The summed E-state index contributed by atoms with van der Waals surface area (Å²) in [5.41, 5.74) is 0. The Morgan fingerprint density at radius 1 is 1.33 bits per heavy atom. The monoisotopic (exact) mass is 227 g/mol. The maximum Gasteiger partial charge on any atom is 0.245 e. The van der Waals surface area contributed by atoms with E-state index in [0.29, 0.717) is 11.5 Å². The first-order valence-corrected chi connectivity index (χ1v) is 6.21. The van der Waals surface area contributed by atoms with E-state index >= 15 is 0 Å². The van der Waals surface area contributed by atoms with Gasteiger partial charge in [-0.15, -0.1) is 0 Å². The van der Waals surface area contributed by atoms with Crippen LogP contribution in [0.2, 0.25) is 0 Å². The molecule has 1 saturated heterocycles. The third-order valence-corrected chi connectivity index (χ3v) is 4.37. The zero-order chi connectivity index (χ0) is 10.9. The van der Waals surface area contributed by atoms with Gasteiger partial charge in [-0.1, -0.05) is 18.2 Å². The molecule has 0 amide bonds. The van der Waals surface area contributed by atoms with Gasteiger partial charge >= 0.3 is 0 Å². The standard InChI is InChI=1S/C10H13NO3S/c1-9-7-14-8-11(9)15(12,13)10-5-3-2-4-6-10/h2-6,9H,7-8H2,1H3/t9-/m1/s1. The number of hydrogen-bond donors (Lipinski definition) is 0. The molecule has 82 valence electrons. The molecule has 5 heteroatoms. The first-order chi connectivity index (χ1) is 7.12. The molecule has 0 N–H and O–H groups in total. The molecule has 1 aliphatic heterocycles. The van der Waals surface area contributed by atoms with Crippen molar-refractivity contribution in [1.82, 2.24) is 4.31 Å². The summed E-state index contributed by atoms with van der Waals surface area (Å²) in [6.07, 6.45) is 0. The van der Waals surface area contributed by atoms with Crippen LogP contribution in [0.3, 0.4) is 0 Å². The first kappa shape index (κ1) is 10.6. The van der Waals surface area contributed by atoms with Crippen molar-refractivity contribution in [3.05, 3.63) is 30.3 Å². The predicted octanol–water partition coefficient (Wildman–Crippen LogP) is 1.05. The normalized spacial score (nSPS) is 23.1. The topological polar surface area (TPSA) is 46.6 Å². The van der Waals surface area contributed by atoms with Crippen LogP contribution < -0.4 is 0 Å². The fourth-order valence-electron chi connectivity index (χ4n) is 1.56. The minimum Gasteiger partial charge on any atom is -0.363 e. The van der Waals surface area contributed by atoms with Crippen molar-refractivity contribution in [2.75, 3.05) is 13.3 Å². The van der Waals surface area contributed by atoms with Crippen molar-refractivity contribution < 1.29 is 13.2 Å².